The molecule has 0 unspecified atom stereocenters. The number of carbonyl (C=O) groups is 2. The Labute approximate surface area is 164 Å². The Balaban J connectivity index is 2.50. The SMILES string of the molecule is Cc1cc(Cl)cc(C(=O)NN)c1NC(=O)c1cc(C(F)(F)F)n(C(C)(C)C)n1. The molecule has 2 amide bonds. The number of alkyl halides is 3. The largest absolute Gasteiger partial charge is 0.433 e. The Morgan fingerprint density at radius 1 is 1.14 bits per heavy atom. The molecule has 0 saturated carbocycles. The molecule has 1 aromatic heterocycles. The highest BCUT2D eigenvalue weighted by molar-refractivity contribution is 6.31. The third kappa shape index (κ3) is 4.45. The molecular weight excluding hydrogens is 399 g/mol. The summed E-state index contributed by atoms with van der Waals surface area (Å²) in [5.74, 6) is 3.50. The van der Waals surface area contributed by atoms with E-state index in [0.717, 1.165) is 4.68 Å². The van der Waals surface area contributed by atoms with Crippen molar-refractivity contribution in [1.82, 2.24) is 15.2 Å². The van der Waals surface area contributed by atoms with Crippen molar-refractivity contribution in [2.45, 2.75) is 39.4 Å². The molecule has 11 heteroatoms. The van der Waals surface area contributed by atoms with Gasteiger partial charge in [-0.25, -0.2) is 5.84 Å². The zero-order valence-electron chi connectivity index (χ0n) is 15.5. The number of halogens is 4. The minimum atomic E-state index is -4.69. The highest BCUT2D eigenvalue weighted by atomic mass is 35.5. The van der Waals surface area contributed by atoms with Gasteiger partial charge in [-0.2, -0.15) is 18.3 Å². The third-order valence-corrected chi connectivity index (χ3v) is 4.00. The number of nitrogens with one attached hydrogen (secondary N) is 2. The summed E-state index contributed by atoms with van der Waals surface area (Å²) in [5.41, 5.74) is -0.138. The van der Waals surface area contributed by atoms with Crippen molar-refractivity contribution >= 4 is 29.1 Å². The first-order chi connectivity index (χ1) is 12.8. The van der Waals surface area contributed by atoms with Gasteiger partial charge in [0.1, 0.15) is 5.69 Å². The van der Waals surface area contributed by atoms with Gasteiger partial charge in [-0.15, -0.1) is 0 Å². The highest BCUT2D eigenvalue weighted by Gasteiger charge is 2.39. The summed E-state index contributed by atoms with van der Waals surface area (Å²) in [6.45, 7) is 6.17. The second kappa shape index (κ2) is 7.44. The number of rotatable bonds is 3. The zero-order valence-corrected chi connectivity index (χ0v) is 16.3. The number of anilines is 1. The maximum atomic E-state index is 13.3. The quantitative estimate of drug-likeness (QED) is 0.404. The summed E-state index contributed by atoms with van der Waals surface area (Å²) < 4.78 is 40.7. The number of nitrogen functional groups attached to an aromatic ring is 1. The monoisotopic (exact) mass is 417 g/mol. The highest BCUT2D eigenvalue weighted by Crippen LogP contribution is 2.33. The minimum absolute atomic E-state index is 0.0350. The van der Waals surface area contributed by atoms with Crippen LogP contribution in [0.15, 0.2) is 18.2 Å². The molecule has 152 valence electrons. The first kappa shape index (κ1) is 21.7. The second-order valence-corrected chi connectivity index (χ2v) is 7.50. The van der Waals surface area contributed by atoms with Crippen LogP contribution in [0.3, 0.4) is 0 Å². The zero-order chi connectivity index (χ0) is 21.4. The van der Waals surface area contributed by atoms with Gasteiger partial charge >= 0.3 is 6.18 Å². The van der Waals surface area contributed by atoms with Crippen molar-refractivity contribution in [2.24, 2.45) is 5.84 Å². The van der Waals surface area contributed by atoms with Gasteiger partial charge < -0.3 is 5.32 Å². The average Bonchev–Trinajstić information content (AvgIpc) is 3.02. The van der Waals surface area contributed by atoms with Crippen LogP contribution in [0.5, 0.6) is 0 Å². The average molecular weight is 418 g/mol. The van der Waals surface area contributed by atoms with E-state index in [2.05, 4.69) is 10.4 Å². The van der Waals surface area contributed by atoms with Crippen LogP contribution >= 0.6 is 11.6 Å². The molecule has 0 radical (unpaired) electrons. The van der Waals surface area contributed by atoms with Gasteiger partial charge in [0.15, 0.2) is 5.69 Å². The molecule has 2 aromatic rings. The fourth-order valence-corrected chi connectivity index (χ4v) is 2.82. The van der Waals surface area contributed by atoms with Gasteiger partial charge in [0.05, 0.1) is 16.8 Å². The Bertz CT molecular complexity index is 901. The number of carbonyl (C=O) groups excluding carboxylic acids is 2. The summed E-state index contributed by atoms with van der Waals surface area (Å²) in [7, 11) is 0. The summed E-state index contributed by atoms with van der Waals surface area (Å²) in [4.78, 5) is 24.5. The fourth-order valence-electron chi connectivity index (χ4n) is 2.55. The van der Waals surface area contributed by atoms with E-state index in [1.54, 1.807) is 6.92 Å². The minimum Gasteiger partial charge on any atom is -0.320 e. The first-order valence-corrected chi connectivity index (χ1v) is 8.43. The number of benzene rings is 1. The molecule has 7 nitrogen and oxygen atoms in total. The van der Waals surface area contributed by atoms with E-state index >= 15 is 0 Å². The van der Waals surface area contributed by atoms with Gasteiger partial charge in [-0.05, 0) is 45.4 Å². The lowest BCUT2D eigenvalue weighted by Gasteiger charge is -2.23. The molecule has 0 aliphatic carbocycles. The van der Waals surface area contributed by atoms with E-state index in [1.807, 2.05) is 5.43 Å². The molecule has 28 heavy (non-hydrogen) atoms. The van der Waals surface area contributed by atoms with Gasteiger partial charge in [-0.3, -0.25) is 19.7 Å². The topological polar surface area (TPSA) is 102 Å². The standard InChI is InChI=1S/C17H19ClF3N5O2/c1-8-5-9(18)6-10(14(27)24-22)13(8)23-15(28)11-7-12(17(19,20)21)26(25-11)16(2,3)4/h5-7H,22H2,1-4H3,(H,23,28)(H,24,27). The molecule has 1 aromatic carbocycles. The van der Waals surface area contributed by atoms with Crippen molar-refractivity contribution in [3.63, 3.8) is 0 Å². The van der Waals surface area contributed by atoms with Crippen molar-refractivity contribution in [3.05, 3.63) is 45.7 Å². The number of aromatic nitrogens is 2. The molecule has 2 rings (SSSR count). The maximum absolute atomic E-state index is 13.3. The summed E-state index contributed by atoms with van der Waals surface area (Å²) in [6, 6.07) is 3.43. The Hall–Kier alpha value is -2.59. The van der Waals surface area contributed by atoms with Crippen LogP contribution in [-0.4, -0.2) is 21.6 Å². The number of hydrazine groups is 1. The summed E-state index contributed by atoms with van der Waals surface area (Å²) in [5, 5.41) is 6.47. The van der Waals surface area contributed by atoms with Crippen molar-refractivity contribution in [2.75, 3.05) is 5.32 Å². The molecule has 0 saturated heterocycles. The summed E-state index contributed by atoms with van der Waals surface area (Å²) >= 11 is 5.93. The smallest absolute Gasteiger partial charge is 0.320 e. The van der Waals surface area contributed by atoms with Gasteiger partial charge in [0.25, 0.3) is 11.8 Å². The molecule has 0 atom stereocenters. The van der Waals surface area contributed by atoms with E-state index in [1.165, 1.54) is 32.9 Å². The Kier molecular flexibility index (Phi) is 5.77. The fraction of sp³-hybridized carbons (Fsp3) is 0.353. The van der Waals surface area contributed by atoms with Crippen LogP contribution < -0.4 is 16.6 Å². The van der Waals surface area contributed by atoms with Crippen molar-refractivity contribution in [1.29, 1.82) is 0 Å². The van der Waals surface area contributed by atoms with Crippen LogP contribution in [0.25, 0.3) is 0 Å². The van der Waals surface area contributed by atoms with Gasteiger partial charge in [-0.1, -0.05) is 11.6 Å². The first-order valence-electron chi connectivity index (χ1n) is 8.06. The van der Waals surface area contributed by atoms with Crippen LogP contribution in [0.4, 0.5) is 18.9 Å². The molecule has 4 N–H and O–H groups in total. The second-order valence-electron chi connectivity index (χ2n) is 7.07. The number of nitrogens with two attached hydrogens (primary N) is 1. The molecule has 0 spiro atoms. The molecule has 0 bridgehead atoms. The predicted molar refractivity (Wildman–Crippen MR) is 98.0 cm³/mol. The Morgan fingerprint density at radius 2 is 1.75 bits per heavy atom. The summed E-state index contributed by atoms with van der Waals surface area (Å²) in [6.07, 6.45) is -4.69. The third-order valence-electron chi connectivity index (χ3n) is 3.78. The molecule has 0 aliphatic rings. The van der Waals surface area contributed by atoms with E-state index in [4.69, 9.17) is 17.4 Å². The van der Waals surface area contributed by atoms with Crippen molar-refractivity contribution in [3.8, 4) is 0 Å². The van der Waals surface area contributed by atoms with Gasteiger partial charge in [0.2, 0.25) is 0 Å². The molecule has 0 fully saturated rings. The number of nitrogens with zero attached hydrogens (tertiary/aromatic N) is 2. The number of amides is 2. The van der Waals surface area contributed by atoms with E-state index < -0.39 is 34.9 Å². The normalized spacial score (nSPS) is 12.0. The van der Waals surface area contributed by atoms with E-state index in [-0.39, 0.29) is 16.3 Å². The molecular formula is C17H19ClF3N5O2. The lowest BCUT2D eigenvalue weighted by Crippen LogP contribution is -2.31. The van der Waals surface area contributed by atoms with Crippen LogP contribution in [0.1, 0.15) is 52.9 Å². The van der Waals surface area contributed by atoms with E-state index in [0.29, 0.717) is 11.6 Å². The predicted octanol–water partition coefficient (Wildman–Crippen LogP) is 3.47. The lowest BCUT2D eigenvalue weighted by molar-refractivity contribution is -0.146. The number of hydrogen-bond donors (Lipinski definition) is 3. The van der Waals surface area contributed by atoms with Crippen molar-refractivity contribution < 1.29 is 22.8 Å². The lowest BCUT2D eigenvalue weighted by atomic mass is 10.1. The molecule has 0 aliphatic heterocycles. The molecule has 1 heterocycles. The van der Waals surface area contributed by atoms with Gasteiger partial charge in [0, 0.05) is 11.1 Å². The van der Waals surface area contributed by atoms with Crippen LogP contribution in [-0.2, 0) is 11.7 Å². The van der Waals surface area contributed by atoms with Crippen LogP contribution in [0.2, 0.25) is 5.02 Å². The Morgan fingerprint density at radius 3 is 2.21 bits per heavy atom. The van der Waals surface area contributed by atoms with E-state index in [9.17, 15) is 22.8 Å². The number of hydrogen-bond acceptors (Lipinski definition) is 4. The maximum Gasteiger partial charge on any atom is 0.433 e. The van der Waals surface area contributed by atoms with Crippen LogP contribution in [0, 0.1) is 6.92 Å². The number of aryl methyl sites for hydroxylation is 1.